The Bertz CT molecular complexity index is 1190. The van der Waals surface area contributed by atoms with Crippen LogP contribution in [0.1, 0.15) is 43.7 Å². The first-order valence-electron chi connectivity index (χ1n) is 10.1. The number of anilines is 1. The van der Waals surface area contributed by atoms with E-state index in [1.807, 2.05) is 45.0 Å². The first kappa shape index (κ1) is 21.1. The van der Waals surface area contributed by atoms with Crippen molar-refractivity contribution in [2.75, 3.05) is 4.90 Å². The van der Waals surface area contributed by atoms with E-state index in [-0.39, 0.29) is 22.0 Å². The molecule has 31 heavy (non-hydrogen) atoms. The first-order chi connectivity index (χ1) is 14.6. The van der Waals surface area contributed by atoms with E-state index >= 15 is 0 Å². The van der Waals surface area contributed by atoms with Crippen molar-refractivity contribution in [1.82, 2.24) is 0 Å². The number of allylic oxidation sites excluding steroid dienone is 3. The van der Waals surface area contributed by atoms with E-state index in [4.69, 9.17) is 17.3 Å². The number of rotatable bonds is 2. The Labute approximate surface area is 186 Å². The second kappa shape index (κ2) is 7.55. The van der Waals surface area contributed by atoms with Gasteiger partial charge < -0.3 is 5.73 Å². The number of benzene rings is 2. The maximum Gasteiger partial charge on any atom is 0.162 e. The Balaban J connectivity index is 2.00. The number of carbonyl (C=O) groups is 1. The van der Waals surface area contributed by atoms with Crippen molar-refractivity contribution in [3.8, 4) is 6.07 Å². The van der Waals surface area contributed by atoms with Gasteiger partial charge in [-0.05, 0) is 42.5 Å². The Morgan fingerprint density at radius 2 is 1.87 bits per heavy atom. The summed E-state index contributed by atoms with van der Waals surface area (Å²) in [5.74, 6) is -0.844. The first-order valence-corrected chi connectivity index (χ1v) is 10.5. The molecule has 1 aliphatic heterocycles. The number of Topliss-reactive ketones (excluding diaryl/α,β-unsaturated/α-hetero) is 1. The normalized spacial score (nSPS) is 20.6. The second-order valence-electron chi connectivity index (χ2n) is 8.99. The van der Waals surface area contributed by atoms with E-state index in [1.165, 1.54) is 12.1 Å². The van der Waals surface area contributed by atoms with Crippen molar-refractivity contribution in [1.29, 1.82) is 5.26 Å². The van der Waals surface area contributed by atoms with Crippen molar-refractivity contribution >= 4 is 23.1 Å². The largest absolute Gasteiger partial charge is 0.384 e. The molecule has 0 saturated carbocycles. The van der Waals surface area contributed by atoms with Gasteiger partial charge in [0.2, 0.25) is 0 Å². The molecular weight excluding hydrogens is 413 g/mol. The SMILES string of the molecule is Cc1ccc(C2C(C#N)=C(N)N(c3ccc(F)c(Cl)c3)C3=C2C(=O)CC(C)(C)C3)cc1. The van der Waals surface area contributed by atoms with Crippen LogP contribution in [0.25, 0.3) is 0 Å². The average molecular weight is 436 g/mol. The Kier molecular flexibility index (Phi) is 5.15. The fourth-order valence-electron chi connectivity index (χ4n) is 4.52. The van der Waals surface area contributed by atoms with Crippen LogP contribution in [0.15, 0.2) is 65.1 Å². The number of nitriles is 1. The van der Waals surface area contributed by atoms with Gasteiger partial charge in [0, 0.05) is 23.4 Å². The van der Waals surface area contributed by atoms with Crippen molar-refractivity contribution in [3.63, 3.8) is 0 Å². The smallest absolute Gasteiger partial charge is 0.162 e. The van der Waals surface area contributed by atoms with Gasteiger partial charge in [-0.15, -0.1) is 0 Å². The number of nitrogens with zero attached hydrogens (tertiary/aromatic N) is 2. The predicted octanol–water partition coefficient (Wildman–Crippen LogP) is 5.73. The van der Waals surface area contributed by atoms with E-state index in [2.05, 4.69) is 6.07 Å². The van der Waals surface area contributed by atoms with Gasteiger partial charge in [-0.2, -0.15) is 5.26 Å². The number of nitrogens with two attached hydrogens (primary N) is 1. The summed E-state index contributed by atoms with van der Waals surface area (Å²) in [7, 11) is 0. The molecular formula is C25H23ClFN3O. The molecule has 0 spiro atoms. The Morgan fingerprint density at radius 1 is 1.19 bits per heavy atom. The van der Waals surface area contributed by atoms with E-state index in [9.17, 15) is 14.4 Å². The molecule has 158 valence electrons. The van der Waals surface area contributed by atoms with Gasteiger partial charge in [-0.25, -0.2) is 4.39 Å². The summed E-state index contributed by atoms with van der Waals surface area (Å²) in [4.78, 5) is 15.1. The lowest BCUT2D eigenvalue weighted by atomic mass is 9.68. The quantitative estimate of drug-likeness (QED) is 0.654. The molecule has 1 aliphatic carbocycles. The van der Waals surface area contributed by atoms with Crippen molar-refractivity contribution in [2.24, 2.45) is 11.1 Å². The summed E-state index contributed by atoms with van der Waals surface area (Å²) in [5.41, 5.74) is 10.4. The van der Waals surface area contributed by atoms with Gasteiger partial charge in [-0.1, -0.05) is 55.3 Å². The van der Waals surface area contributed by atoms with Crippen LogP contribution < -0.4 is 10.6 Å². The third-order valence-corrected chi connectivity index (χ3v) is 6.24. The molecule has 0 amide bonds. The van der Waals surface area contributed by atoms with E-state index in [1.54, 1.807) is 11.0 Å². The number of carbonyl (C=O) groups excluding carboxylic acids is 1. The highest BCUT2D eigenvalue weighted by atomic mass is 35.5. The Hall–Kier alpha value is -3.10. The monoisotopic (exact) mass is 435 g/mol. The molecule has 1 unspecified atom stereocenters. The number of ketones is 1. The van der Waals surface area contributed by atoms with Gasteiger partial charge in [0.05, 0.1) is 22.6 Å². The number of hydrogen-bond acceptors (Lipinski definition) is 4. The zero-order chi connectivity index (χ0) is 22.5. The van der Waals surface area contributed by atoms with Crippen LogP contribution in [0.3, 0.4) is 0 Å². The van der Waals surface area contributed by atoms with E-state index in [0.29, 0.717) is 29.7 Å². The van der Waals surface area contributed by atoms with E-state index in [0.717, 1.165) is 16.8 Å². The third kappa shape index (κ3) is 3.62. The molecule has 1 heterocycles. The zero-order valence-corrected chi connectivity index (χ0v) is 18.4. The molecule has 1 atom stereocenters. The lowest BCUT2D eigenvalue weighted by Gasteiger charge is -2.43. The minimum Gasteiger partial charge on any atom is -0.384 e. The van der Waals surface area contributed by atoms with Crippen LogP contribution in [0.2, 0.25) is 5.02 Å². The summed E-state index contributed by atoms with van der Waals surface area (Å²) in [6.07, 6.45) is 0.968. The molecule has 0 saturated heterocycles. The molecule has 2 aliphatic rings. The fourth-order valence-corrected chi connectivity index (χ4v) is 4.69. The molecule has 4 rings (SSSR count). The predicted molar refractivity (Wildman–Crippen MR) is 120 cm³/mol. The number of aryl methyl sites for hydroxylation is 1. The summed E-state index contributed by atoms with van der Waals surface area (Å²) in [6, 6.07) is 14.3. The van der Waals surface area contributed by atoms with Crippen LogP contribution in [-0.4, -0.2) is 5.78 Å². The molecule has 0 aromatic heterocycles. The molecule has 0 bridgehead atoms. The highest BCUT2D eigenvalue weighted by Crippen LogP contribution is 2.50. The molecule has 0 fully saturated rings. The van der Waals surface area contributed by atoms with Gasteiger partial charge in [-0.3, -0.25) is 9.69 Å². The van der Waals surface area contributed by atoms with Gasteiger partial charge in [0.15, 0.2) is 5.78 Å². The minimum atomic E-state index is -0.544. The number of halogens is 2. The Morgan fingerprint density at radius 3 is 2.48 bits per heavy atom. The molecule has 6 heteroatoms. The second-order valence-corrected chi connectivity index (χ2v) is 9.40. The van der Waals surface area contributed by atoms with E-state index < -0.39 is 11.7 Å². The van der Waals surface area contributed by atoms with Crippen molar-refractivity contribution < 1.29 is 9.18 Å². The summed E-state index contributed by atoms with van der Waals surface area (Å²) in [6.45, 7) is 6.05. The highest BCUT2D eigenvalue weighted by Gasteiger charge is 2.44. The van der Waals surface area contributed by atoms with Crippen molar-refractivity contribution in [2.45, 2.75) is 39.5 Å². The standard InChI is InChI=1S/C25H23ClFN3O/c1-14-4-6-15(7-5-14)22-17(13-28)24(29)30(16-8-9-19(27)18(26)10-16)20-11-25(2,3)12-21(31)23(20)22/h4-10,22H,11-12,29H2,1-3H3. The molecule has 4 nitrogen and oxygen atoms in total. The number of hydrogen-bond donors (Lipinski definition) is 1. The molecule has 2 aromatic rings. The molecule has 0 radical (unpaired) electrons. The van der Waals surface area contributed by atoms with Crippen LogP contribution in [-0.2, 0) is 4.79 Å². The lowest BCUT2D eigenvalue weighted by Crippen LogP contribution is -2.42. The minimum absolute atomic E-state index is 0.00437. The van der Waals surface area contributed by atoms with Crippen LogP contribution in [0.4, 0.5) is 10.1 Å². The maximum absolute atomic E-state index is 13.8. The highest BCUT2D eigenvalue weighted by molar-refractivity contribution is 6.31. The fraction of sp³-hybridized carbons (Fsp3) is 0.280. The van der Waals surface area contributed by atoms with Crippen LogP contribution in [0.5, 0.6) is 0 Å². The zero-order valence-electron chi connectivity index (χ0n) is 17.7. The average Bonchev–Trinajstić information content (AvgIpc) is 2.69. The van der Waals surface area contributed by atoms with Crippen LogP contribution in [0, 0.1) is 29.5 Å². The topological polar surface area (TPSA) is 70.1 Å². The summed E-state index contributed by atoms with van der Waals surface area (Å²) < 4.78 is 13.8. The third-order valence-electron chi connectivity index (χ3n) is 5.95. The summed E-state index contributed by atoms with van der Waals surface area (Å²) >= 11 is 6.04. The summed E-state index contributed by atoms with van der Waals surface area (Å²) in [5, 5.41) is 10.0. The maximum atomic E-state index is 13.8. The van der Waals surface area contributed by atoms with Crippen LogP contribution >= 0.6 is 11.6 Å². The van der Waals surface area contributed by atoms with Gasteiger partial charge in [0.1, 0.15) is 11.6 Å². The van der Waals surface area contributed by atoms with Gasteiger partial charge in [0.25, 0.3) is 0 Å². The molecule has 2 N–H and O–H groups in total. The van der Waals surface area contributed by atoms with Gasteiger partial charge >= 0.3 is 0 Å². The lowest BCUT2D eigenvalue weighted by molar-refractivity contribution is -0.118. The molecule has 2 aromatic carbocycles. The van der Waals surface area contributed by atoms with Crippen molar-refractivity contribution in [3.05, 3.63) is 87.1 Å².